The molecule has 0 saturated heterocycles. The molecular formula is C11H11F2N3. The molecule has 5 heteroatoms. The summed E-state index contributed by atoms with van der Waals surface area (Å²) < 4.78 is 28.0. The van der Waals surface area contributed by atoms with E-state index in [0.717, 1.165) is 5.69 Å². The molecule has 3 nitrogen and oxygen atoms in total. The molecule has 0 fully saturated rings. The van der Waals surface area contributed by atoms with Crippen molar-refractivity contribution < 1.29 is 8.78 Å². The molecule has 0 bridgehead atoms. The Bertz CT molecular complexity index is 473. The fourth-order valence-corrected chi connectivity index (χ4v) is 1.47. The third kappa shape index (κ3) is 1.94. The van der Waals surface area contributed by atoms with Crippen molar-refractivity contribution in [1.82, 2.24) is 15.1 Å². The lowest BCUT2D eigenvalue weighted by atomic mass is 10.3. The monoisotopic (exact) mass is 223 g/mol. The minimum Gasteiger partial charge on any atom is -0.314 e. The largest absolute Gasteiger partial charge is 0.314 e. The van der Waals surface area contributed by atoms with E-state index >= 15 is 0 Å². The number of halogens is 2. The van der Waals surface area contributed by atoms with Crippen molar-refractivity contribution in [1.29, 1.82) is 0 Å². The highest BCUT2D eigenvalue weighted by atomic mass is 19.1. The quantitative estimate of drug-likeness (QED) is 0.860. The number of hydrogen-bond acceptors (Lipinski definition) is 2. The molecule has 1 heterocycles. The van der Waals surface area contributed by atoms with Gasteiger partial charge >= 0.3 is 0 Å². The zero-order valence-electron chi connectivity index (χ0n) is 8.74. The number of nitrogens with one attached hydrogen (secondary N) is 1. The van der Waals surface area contributed by atoms with E-state index in [1.807, 2.05) is 0 Å². The molecule has 0 spiro atoms. The van der Waals surface area contributed by atoms with Crippen molar-refractivity contribution in [3.63, 3.8) is 0 Å². The minimum atomic E-state index is -0.626. The molecule has 0 aliphatic rings. The van der Waals surface area contributed by atoms with Crippen LogP contribution in [-0.2, 0) is 6.54 Å². The lowest BCUT2D eigenvalue weighted by Crippen LogP contribution is -2.07. The van der Waals surface area contributed by atoms with Crippen LogP contribution in [0.3, 0.4) is 0 Å². The number of nitrogens with zero attached hydrogens (tertiary/aromatic N) is 2. The highest BCUT2D eigenvalue weighted by Gasteiger charge is 2.11. The average molecular weight is 223 g/mol. The Kier molecular flexibility index (Phi) is 2.96. The molecule has 16 heavy (non-hydrogen) atoms. The Balaban J connectivity index is 2.42. The molecule has 1 aromatic carbocycles. The molecule has 0 atom stereocenters. The summed E-state index contributed by atoms with van der Waals surface area (Å²) in [4.78, 5) is 0. The second kappa shape index (κ2) is 4.40. The molecule has 2 aromatic rings. The van der Waals surface area contributed by atoms with Crippen LogP contribution in [0.4, 0.5) is 8.78 Å². The fourth-order valence-electron chi connectivity index (χ4n) is 1.47. The normalized spacial score (nSPS) is 10.7. The zero-order valence-corrected chi connectivity index (χ0v) is 8.74. The maximum absolute atomic E-state index is 13.4. The summed E-state index contributed by atoms with van der Waals surface area (Å²) >= 11 is 0. The average Bonchev–Trinajstić information content (AvgIpc) is 2.67. The Morgan fingerprint density at radius 2 is 1.94 bits per heavy atom. The van der Waals surface area contributed by atoms with Gasteiger partial charge in [-0.15, -0.1) is 0 Å². The molecule has 1 aromatic heterocycles. The van der Waals surface area contributed by atoms with E-state index in [9.17, 15) is 8.78 Å². The number of hydrogen-bond donors (Lipinski definition) is 1. The Morgan fingerprint density at radius 1 is 1.25 bits per heavy atom. The van der Waals surface area contributed by atoms with Crippen LogP contribution in [0, 0.1) is 11.6 Å². The van der Waals surface area contributed by atoms with Crippen molar-refractivity contribution in [2.24, 2.45) is 0 Å². The molecule has 0 saturated carbocycles. The van der Waals surface area contributed by atoms with Gasteiger partial charge in [-0.25, -0.2) is 13.5 Å². The van der Waals surface area contributed by atoms with Crippen LogP contribution in [0.1, 0.15) is 5.69 Å². The van der Waals surface area contributed by atoms with Crippen molar-refractivity contribution >= 4 is 0 Å². The topological polar surface area (TPSA) is 29.9 Å². The highest BCUT2D eigenvalue weighted by molar-refractivity contribution is 5.34. The van der Waals surface area contributed by atoms with Crippen LogP contribution in [0.25, 0.3) is 5.69 Å². The van der Waals surface area contributed by atoms with Crippen molar-refractivity contribution in [3.05, 3.63) is 47.8 Å². The van der Waals surface area contributed by atoms with Gasteiger partial charge in [-0.2, -0.15) is 5.10 Å². The Hall–Kier alpha value is -1.75. The Labute approximate surface area is 91.7 Å². The van der Waals surface area contributed by atoms with E-state index in [0.29, 0.717) is 6.54 Å². The standard InChI is InChI=1S/C11H11F2N3/c1-14-7-8-5-6-16(15-8)11-9(12)3-2-4-10(11)13/h2-6,14H,7H2,1H3. The first-order chi connectivity index (χ1) is 7.72. The van der Waals surface area contributed by atoms with Gasteiger partial charge in [0.25, 0.3) is 0 Å². The number of para-hydroxylation sites is 1. The molecule has 84 valence electrons. The summed E-state index contributed by atoms with van der Waals surface area (Å²) in [7, 11) is 1.78. The van der Waals surface area contributed by atoms with E-state index in [1.165, 1.54) is 29.1 Å². The molecular weight excluding hydrogens is 212 g/mol. The molecule has 2 rings (SSSR count). The summed E-state index contributed by atoms with van der Waals surface area (Å²) in [6.07, 6.45) is 1.54. The number of rotatable bonds is 3. The maximum atomic E-state index is 13.4. The first-order valence-electron chi connectivity index (χ1n) is 4.86. The summed E-state index contributed by atoms with van der Waals surface area (Å²) in [6, 6.07) is 5.45. The lowest BCUT2D eigenvalue weighted by Gasteiger charge is -2.04. The van der Waals surface area contributed by atoms with Gasteiger partial charge in [0.1, 0.15) is 5.69 Å². The molecule has 0 amide bonds. The van der Waals surface area contributed by atoms with Gasteiger partial charge in [0, 0.05) is 12.7 Å². The van der Waals surface area contributed by atoms with Crippen LogP contribution in [-0.4, -0.2) is 16.8 Å². The number of benzene rings is 1. The van der Waals surface area contributed by atoms with Crippen molar-refractivity contribution in [2.45, 2.75) is 6.54 Å². The second-order valence-electron chi connectivity index (χ2n) is 3.35. The van der Waals surface area contributed by atoms with Gasteiger partial charge < -0.3 is 5.32 Å². The van der Waals surface area contributed by atoms with Gasteiger partial charge in [-0.05, 0) is 25.2 Å². The SMILES string of the molecule is CNCc1ccn(-c2c(F)cccc2F)n1. The first kappa shape index (κ1) is 10.8. The van der Waals surface area contributed by atoms with E-state index in [-0.39, 0.29) is 5.69 Å². The third-order valence-corrected chi connectivity index (χ3v) is 2.17. The van der Waals surface area contributed by atoms with Gasteiger partial charge in [0.2, 0.25) is 0 Å². The minimum absolute atomic E-state index is 0.148. The van der Waals surface area contributed by atoms with E-state index in [4.69, 9.17) is 0 Å². The fraction of sp³-hybridized carbons (Fsp3) is 0.182. The summed E-state index contributed by atoms with van der Waals surface area (Å²) in [6.45, 7) is 0.559. The van der Waals surface area contributed by atoms with E-state index < -0.39 is 11.6 Å². The van der Waals surface area contributed by atoms with Crippen LogP contribution in [0.15, 0.2) is 30.5 Å². The van der Waals surface area contributed by atoms with Gasteiger partial charge in [0.05, 0.1) is 5.69 Å². The van der Waals surface area contributed by atoms with Crippen molar-refractivity contribution in [2.75, 3.05) is 7.05 Å². The molecule has 0 radical (unpaired) electrons. The van der Waals surface area contributed by atoms with Gasteiger partial charge in [-0.3, -0.25) is 0 Å². The lowest BCUT2D eigenvalue weighted by molar-refractivity contribution is 0.558. The third-order valence-electron chi connectivity index (χ3n) is 2.17. The molecule has 0 unspecified atom stereocenters. The molecule has 0 aliphatic carbocycles. The first-order valence-corrected chi connectivity index (χ1v) is 4.86. The van der Waals surface area contributed by atoms with Crippen LogP contribution < -0.4 is 5.32 Å². The van der Waals surface area contributed by atoms with Gasteiger partial charge in [-0.1, -0.05) is 6.07 Å². The predicted octanol–water partition coefficient (Wildman–Crippen LogP) is 1.87. The predicted molar refractivity (Wildman–Crippen MR) is 56.2 cm³/mol. The molecule has 0 aliphatic heterocycles. The van der Waals surface area contributed by atoms with E-state index in [2.05, 4.69) is 10.4 Å². The molecule has 1 N–H and O–H groups in total. The summed E-state index contributed by atoms with van der Waals surface area (Å²) in [5.41, 5.74) is 0.579. The zero-order chi connectivity index (χ0) is 11.5. The second-order valence-corrected chi connectivity index (χ2v) is 3.35. The number of aromatic nitrogens is 2. The summed E-state index contributed by atoms with van der Waals surface area (Å²) in [5.74, 6) is -1.25. The smallest absolute Gasteiger partial charge is 0.151 e. The highest BCUT2D eigenvalue weighted by Crippen LogP contribution is 2.16. The Morgan fingerprint density at radius 3 is 2.56 bits per heavy atom. The van der Waals surface area contributed by atoms with Crippen molar-refractivity contribution in [3.8, 4) is 5.69 Å². The van der Waals surface area contributed by atoms with Crippen LogP contribution >= 0.6 is 0 Å². The van der Waals surface area contributed by atoms with Crippen LogP contribution in [0.5, 0.6) is 0 Å². The van der Waals surface area contributed by atoms with E-state index in [1.54, 1.807) is 13.1 Å². The van der Waals surface area contributed by atoms with Crippen LogP contribution in [0.2, 0.25) is 0 Å². The maximum Gasteiger partial charge on any atom is 0.151 e. The van der Waals surface area contributed by atoms with Gasteiger partial charge in [0.15, 0.2) is 11.6 Å². The summed E-state index contributed by atoms with van der Waals surface area (Å²) in [5, 5.41) is 6.98.